The van der Waals surface area contributed by atoms with Gasteiger partial charge in [0.15, 0.2) is 6.61 Å². The number of halogens is 2. The first kappa shape index (κ1) is 22.4. The van der Waals surface area contributed by atoms with Crippen LogP contribution in [0.25, 0.3) is 0 Å². The van der Waals surface area contributed by atoms with E-state index >= 15 is 0 Å². The number of nitrogens with zero attached hydrogens (tertiary/aromatic N) is 3. The van der Waals surface area contributed by atoms with Gasteiger partial charge in [0, 0.05) is 12.7 Å². The molecule has 7 nitrogen and oxygen atoms in total. The quantitative estimate of drug-likeness (QED) is 0.532. The standard InChI is InChI=1S/C23H18F2N4O3/c24-17-8-1-3-10-19(17)28-22-16(7-5-13-27-22)23(31)32-15-21(30)29(14-6-12-26)20-11-4-2-9-18(20)25/h1-5,7-11,13H,6,14-15H2,(H,27,28). The molecule has 0 fully saturated rings. The molecule has 1 amide bonds. The van der Waals surface area contributed by atoms with Gasteiger partial charge >= 0.3 is 5.97 Å². The van der Waals surface area contributed by atoms with Gasteiger partial charge in [-0.15, -0.1) is 0 Å². The average molecular weight is 436 g/mol. The number of anilines is 3. The molecule has 0 radical (unpaired) electrons. The highest BCUT2D eigenvalue weighted by Crippen LogP contribution is 2.22. The molecule has 9 heteroatoms. The highest BCUT2D eigenvalue weighted by molar-refractivity contribution is 5.99. The van der Waals surface area contributed by atoms with Crippen LogP contribution >= 0.6 is 0 Å². The van der Waals surface area contributed by atoms with E-state index in [1.165, 1.54) is 54.7 Å². The SMILES string of the molecule is N#CCCN(C(=O)COC(=O)c1cccnc1Nc1ccccc1F)c1ccccc1F. The fraction of sp³-hybridized carbons (Fsp3) is 0.130. The number of nitriles is 1. The second kappa shape index (κ2) is 10.6. The molecule has 0 bridgehead atoms. The molecule has 3 rings (SSSR count). The molecule has 32 heavy (non-hydrogen) atoms. The smallest absolute Gasteiger partial charge is 0.342 e. The lowest BCUT2D eigenvalue weighted by molar-refractivity contribution is -0.121. The van der Waals surface area contributed by atoms with Crippen molar-refractivity contribution in [2.75, 3.05) is 23.4 Å². The minimum absolute atomic E-state index is 0.0157. The second-order valence-corrected chi connectivity index (χ2v) is 6.49. The molecule has 0 saturated carbocycles. The number of hydrogen-bond donors (Lipinski definition) is 1. The molecule has 0 spiro atoms. The molecule has 0 saturated heterocycles. The van der Waals surface area contributed by atoms with Crippen LogP contribution in [0.15, 0.2) is 66.9 Å². The number of aromatic nitrogens is 1. The van der Waals surface area contributed by atoms with Crippen molar-refractivity contribution in [1.82, 2.24) is 4.98 Å². The normalized spacial score (nSPS) is 10.2. The number of hydrogen-bond acceptors (Lipinski definition) is 6. The first-order chi connectivity index (χ1) is 15.5. The molecule has 1 N–H and O–H groups in total. The third-order valence-corrected chi connectivity index (χ3v) is 4.37. The number of carbonyl (C=O) groups excluding carboxylic acids is 2. The number of esters is 1. The molecule has 0 aliphatic carbocycles. The number of amides is 1. The third kappa shape index (κ3) is 5.43. The lowest BCUT2D eigenvalue weighted by atomic mass is 10.2. The molecular formula is C23H18F2N4O3. The van der Waals surface area contributed by atoms with Gasteiger partial charge in [-0.3, -0.25) is 4.79 Å². The molecule has 1 heterocycles. The van der Waals surface area contributed by atoms with Gasteiger partial charge in [0.25, 0.3) is 5.91 Å². The van der Waals surface area contributed by atoms with E-state index in [9.17, 15) is 18.4 Å². The Bertz CT molecular complexity index is 1160. The van der Waals surface area contributed by atoms with Crippen molar-refractivity contribution in [1.29, 1.82) is 5.26 Å². The summed E-state index contributed by atoms with van der Waals surface area (Å²) in [6.45, 7) is -0.757. The zero-order valence-electron chi connectivity index (χ0n) is 16.8. The van der Waals surface area contributed by atoms with Crippen molar-refractivity contribution in [3.63, 3.8) is 0 Å². The van der Waals surface area contributed by atoms with Gasteiger partial charge in [-0.2, -0.15) is 5.26 Å². The Kier molecular flexibility index (Phi) is 7.43. The lowest BCUT2D eigenvalue weighted by Gasteiger charge is -2.22. The maximum Gasteiger partial charge on any atom is 0.342 e. The molecule has 2 aromatic carbocycles. The van der Waals surface area contributed by atoms with Gasteiger partial charge in [-0.05, 0) is 36.4 Å². The monoisotopic (exact) mass is 436 g/mol. The summed E-state index contributed by atoms with van der Waals surface area (Å²) in [6.07, 6.45) is 1.38. The van der Waals surface area contributed by atoms with E-state index in [1.807, 2.05) is 6.07 Å². The number of carbonyl (C=O) groups is 2. The predicted molar refractivity (Wildman–Crippen MR) is 113 cm³/mol. The Balaban J connectivity index is 1.73. The summed E-state index contributed by atoms with van der Waals surface area (Å²) in [5.41, 5.74) is 0.0728. The predicted octanol–water partition coefficient (Wildman–Crippen LogP) is 4.21. The van der Waals surface area contributed by atoms with E-state index < -0.39 is 30.1 Å². The van der Waals surface area contributed by atoms with Crippen LogP contribution in [0.5, 0.6) is 0 Å². The van der Waals surface area contributed by atoms with E-state index in [2.05, 4.69) is 10.3 Å². The number of para-hydroxylation sites is 2. The highest BCUT2D eigenvalue weighted by atomic mass is 19.1. The maximum absolute atomic E-state index is 14.2. The van der Waals surface area contributed by atoms with E-state index in [0.29, 0.717) is 0 Å². The van der Waals surface area contributed by atoms with Crippen LogP contribution in [-0.4, -0.2) is 30.0 Å². The number of benzene rings is 2. The van der Waals surface area contributed by atoms with Gasteiger partial charge in [-0.1, -0.05) is 24.3 Å². The summed E-state index contributed by atoms with van der Waals surface area (Å²) in [5, 5.41) is 11.6. The first-order valence-electron chi connectivity index (χ1n) is 9.57. The van der Waals surface area contributed by atoms with Gasteiger partial charge < -0.3 is 15.0 Å². The largest absolute Gasteiger partial charge is 0.452 e. The molecular weight excluding hydrogens is 418 g/mol. The summed E-state index contributed by atoms with van der Waals surface area (Å²) in [4.78, 5) is 30.3. The second-order valence-electron chi connectivity index (χ2n) is 6.49. The summed E-state index contributed by atoms with van der Waals surface area (Å²) < 4.78 is 33.2. The van der Waals surface area contributed by atoms with Crippen LogP contribution in [-0.2, 0) is 9.53 Å². The number of pyridine rings is 1. The summed E-state index contributed by atoms with van der Waals surface area (Å²) in [6, 6.07) is 16.3. The maximum atomic E-state index is 14.2. The molecule has 3 aromatic rings. The zero-order valence-corrected chi connectivity index (χ0v) is 16.8. The van der Waals surface area contributed by atoms with Crippen molar-refractivity contribution < 1.29 is 23.1 Å². The van der Waals surface area contributed by atoms with Crippen molar-refractivity contribution in [2.24, 2.45) is 0 Å². The Morgan fingerprint density at radius 1 is 1.03 bits per heavy atom. The summed E-state index contributed by atoms with van der Waals surface area (Å²) in [7, 11) is 0. The Hall–Kier alpha value is -4.32. The minimum atomic E-state index is -0.876. The average Bonchev–Trinajstić information content (AvgIpc) is 2.80. The van der Waals surface area contributed by atoms with Crippen LogP contribution in [0.4, 0.5) is 26.0 Å². The molecule has 1 aromatic heterocycles. The zero-order chi connectivity index (χ0) is 22.9. The van der Waals surface area contributed by atoms with Gasteiger partial charge in [-0.25, -0.2) is 18.6 Å². The Morgan fingerprint density at radius 3 is 2.47 bits per heavy atom. The highest BCUT2D eigenvalue weighted by Gasteiger charge is 2.22. The van der Waals surface area contributed by atoms with E-state index in [-0.39, 0.29) is 35.7 Å². The van der Waals surface area contributed by atoms with Crippen LogP contribution in [0.1, 0.15) is 16.8 Å². The number of rotatable bonds is 8. The van der Waals surface area contributed by atoms with Crippen molar-refractivity contribution in [3.8, 4) is 6.07 Å². The third-order valence-electron chi connectivity index (χ3n) is 4.37. The van der Waals surface area contributed by atoms with E-state index in [1.54, 1.807) is 12.1 Å². The Morgan fingerprint density at radius 2 is 1.75 bits per heavy atom. The Labute approximate surface area is 182 Å². The molecule has 0 aliphatic rings. The van der Waals surface area contributed by atoms with E-state index in [0.717, 1.165) is 4.90 Å². The topological polar surface area (TPSA) is 95.3 Å². The van der Waals surface area contributed by atoms with Crippen molar-refractivity contribution in [2.45, 2.75) is 6.42 Å². The van der Waals surface area contributed by atoms with Gasteiger partial charge in [0.05, 0.1) is 23.9 Å². The first-order valence-corrected chi connectivity index (χ1v) is 9.57. The van der Waals surface area contributed by atoms with Crippen molar-refractivity contribution in [3.05, 3.63) is 84.1 Å². The van der Waals surface area contributed by atoms with Gasteiger partial charge in [0.2, 0.25) is 0 Å². The summed E-state index contributed by atoms with van der Waals surface area (Å²) >= 11 is 0. The lowest BCUT2D eigenvalue weighted by Crippen LogP contribution is -2.36. The van der Waals surface area contributed by atoms with Crippen LogP contribution in [0.3, 0.4) is 0 Å². The fourth-order valence-corrected chi connectivity index (χ4v) is 2.85. The number of ether oxygens (including phenoxy) is 1. The van der Waals surface area contributed by atoms with Crippen molar-refractivity contribution >= 4 is 29.1 Å². The fourth-order valence-electron chi connectivity index (χ4n) is 2.85. The minimum Gasteiger partial charge on any atom is -0.452 e. The molecule has 162 valence electrons. The van der Waals surface area contributed by atoms with Crippen LogP contribution in [0.2, 0.25) is 0 Å². The van der Waals surface area contributed by atoms with Crippen LogP contribution < -0.4 is 10.2 Å². The molecule has 0 unspecified atom stereocenters. The van der Waals surface area contributed by atoms with Gasteiger partial charge in [0.1, 0.15) is 23.0 Å². The van der Waals surface area contributed by atoms with E-state index in [4.69, 9.17) is 10.00 Å². The summed E-state index contributed by atoms with van der Waals surface area (Å²) in [5.74, 6) is -2.71. The molecule has 0 atom stereocenters. The van der Waals surface area contributed by atoms with Crippen LogP contribution in [0, 0.1) is 23.0 Å². The molecule has 0 aliphatic heterocycles. The number of nitrogens with one attached hydrogen (secondary N) is 1.